The van der Waals surface area contributed by atoms with Gasteiger partial charge in [0, 0.05) is 18.7 Å². The normalized spacial score (nSPS) is 18.4. The fourth-order valence-electron chi connectivity index (χ4n) is 4.20. The maximum Gasteiger partial charge on any atom is 0.265 e. The average molecular weight is 421 g/mol. The number of ether oxygens (including phenoxy) is 1. The van der Waals surface area contributed by atoms with Gasteiger partial charge in [-0.1, -0.05) is 12.1 Å². The van der Waals surface area contributed by atoms with Crippen LogP contribution in [-0.2, 0) is 11.3 Å². The van der Waals surface area contributed by atoms with Gasteiger partial charge in [-0.25, -0.2) is 9.37 Å². The molecule has 3 heterocycles. The third kappa shape index (κ3) is 4.13. The topological polar surface area (TPSA) is 58.8 Å². The molecule has 160 valence electrons. The van der Waals surface area contributed by atoms with Crippen molar-refractivity contribution in [2.24, 2.45) is 0 Å². The molecule has 5 rings (SSSR count). The molecule has 0 aliphatic carbocycles. The van der Waals surface area contributed by atoms with E-state index in [1.165, 1.54) is 18.6 Å². The van der Waals surface area contributed by atoms with Crippen LogP contribution in [0.25, 0.3) is 11.3 Å². The average Bonchev–Trinajstić information content (AvgIpc) is 3.28. The van der Waals surface area contributed by atoms with Crippen molar-refractivity contribution in [1.29, 1.82) is 0 Å². The summed E-state index contributed by atoms with van der Waals surface area (Å²) in [5.74, 6) is 1.54. The predicted molar refractivity (Wildman–Crippen MR) is 114 cm³/mol. The molecule has 1 amide bonds. The number of nitrogens with zero attached hydrogens (tertiary/aromatic N) is 3. The second kappa shape index (κ2) is 8.41. The molecule has 0 unspecified atom stereocenters. The molecule has 2 aliphatic rings. The maximum atomic E-state index is 13.2. The lowest BCUT2D eigenvalue weighted by Gasteiger charge is -2.37. The Morgan fingerprint density at radius 1 is 1.06 bits per heavy atom. The number of halogens is 1. The van der Waals surface area contributed by atoms with Gasteiger partial charge >= 0.3 is 0 Å². The molecule has 3 aromatic rings. The molecule has 1 fully saturated rings. The Labute approximate surface area is 180 Å². The number of anilines is 1. The summed E-state index contributed by atoms with van der Waals surface area (Å²) >= 11 is 0. The fourth-order valence-corrected chi connectivity index (χ4v) is 4.20. The molecule has 0 radical (unpaired) electrons. The molecule has 6 nitrogen and oxygen atoms in total. The van der Waals surface area contributed by atoms with Crippen molar-refractivity contribution in [2.45, 2.75) is 31.9 Å². The van der Waals surface area contributed by atoms with E-state index < -0.39 is 6.10 Å². The van der Waals surface area contributed by atoms with Gasteiger partial charge in [0.1, 0.15) is 11.6 Å². The summed E-state index contributed by atoms with van der Waals surface area (Å²) < 4.78 is 25.2. The zero-order chi connectivity index (χ0) is 21.2. The zero-order valence-corrected chi connectivity index (χ0v) is 17.2. The van der Waals surface area contributed by atoms with Gasteiger partial charge in [0.2, 0.25) is 5.89 Å². The Kier molecular flexibility index (Phi) is 5.32. The highest BCUT2D eigenvalue weighted by Gasteiger charge is 2.34. The lowest BCUT2D eigenvalue weighted by atomic mass is 10.1. The lowest BCUT2D eigenvalue weighted by molar-refractivity contribution is -0.139. The van der Waals surface area contributed by atoms with Crippen LogP contribution in [0.4, 0.5) is 10.1 Å². The van der Waals surface area contributed by atoms with E-state index in [-0.39, 0.29) is 11.7 Å². The number of oxazole rings is 1. The van der Waals surface area contributed by atoms with Crippen LogP contribution in [0.5, 0.6) is 5.75 Å². The van der Waals surface area contributed by atoms with Crippen LogP contribution < -0.4 is 9.64 Å². The van der Waals surface area contributed by atoms with Crippen molar-refractivity contribution >= 4 is 11.6 Å². The molecule has 0 spiro atoms. The first kappa shape index (κ1) is 19.6. The maximum absolute atomic E-state index is 13.2. The fraction of sp³-hybridized carbons (Fsp3) is 0.333. The van der Waals surface area contributed by atoms with E-state index in [1.54, 1.807) is 18.3 Å². The molecule has 0 saturated carbocycles. The van der Waals surface area contributed by atoms with E-state index in [4.69, 9.17) is 9.15 Å². The van der Waals surface area contributed by atoms with Crippen molar-refractivity contribution in [3.8, 4) is 17.1 Å². The standard InChI is InChI=1S/C24H24FN3O3/c25-18-10-8-17(9-11-18)21-14-26-23(31-21)16-28-15-22(24(29)27-12-4-1-5-13-27)30-20-7-3-2-6-19(20)28/h2-3,6-11,14,22H,1,4-5,12-13,15-16H2/t22-/m1/s1. The highest BCUT2D eigenvalue weighted by molar-refractivity contribution is 5.83. The van der Waals surface area contributed by atoms with Crippen LogP contribution in [-0.4, -0.2) is 41.5 Å². The van der Waals surface area contributed by atoms with Crippen molar-refractivity contribution in [3.05, 3.63) is 66.4 Å². The van der Waals surface area contributed by atoms with E-state index in [9.17, 15) is 9.18 Å². The molecule has 1 saturated heterocycles. The Morgan fingerprint density at radius 3 is 2.65 bits per heavy atom. The van der Waals surface area contributed by atoms with Crippen LogP contribution in [0.3, 0.4) is 0 Å². The summed E-state index contributed by atoms with van der Waals surface area (Å²) in [6.45, 7) is 2.42. The Morgan fingerprint density at radius 2 is 1.84 bits per heavy atom. The van der Waals surface area contributed by atoms with E-state index in [1.807, 2.05) is 29.2 Å². The molecular weight excluding hydrogens is 397 g/mol. The van der Waals surface area contributed by atoms with Gasteiger partial charge in [0.25, 0.3) is 5.91 Å². The minimum atomic E-state index is -0.556. The zero-order valence-electron chi connectivity index (χ0n) is 17.2. The van der Waals surface area contributed by atoms with Gasteiger partial charge in [-0.3, -0.25) is 4.79 Å². The van der Waals surface area contributed by atoms with Gasteiger partial charge < -0.3 is 19.0 Å². The minimum Gasteiger partial charge on any atom is -0.477 e. The molecule has 1 atom stereocenters. The number of piperidine rings is 1. The first-order valence-electron chi connectivity index (χ1n) is 10.7. The van der Waals surface area contributed by atoms with Crippen molar-refractivity contribution in [3.63, 3.8) is 0 Å². The van der Waals surface area contributed by atoms with Gasteiger partial charge in [0.05, 0.1) is 25.0 Å². The number of aromatic nitrogens is 1. The first-order chi connectivity index (χ1) is 15.2. The Hall–Kier alpha value is -3.35. The van der Waals surface area contributed by atoms with Gasteiger partial charge in [-0.05, 0) is 55.7 Å². The lowest BCUT2D eigenvalue weighted by Crippen LogP contribution is -2.51. The second-order valence-corrected chi connectivity index (χ2v) is 7.97. The summed E-state index contributed by atoms with van der Waals surface area (Å²) in [7, 11) is 0. The smallest absolute Gasteiger partial charge is 0.265 e. The van der Waals surface area contributed by atoms with E-state index in [2.05, 4.69) is 9.88 Å². The number of carbonyl (C=O) groups excluding carboxylic acids is 1. The summed E-state index contributed by atoms with van der Waals surface area (Å²) in [6, 6.07) is 13.8. The van der Waals surface area contributed by atoms with Gasteiger partial charge in [0.15, 0.2) is 11.9 Å². The van der Waals surface area contributed by atoms with Crippen LogP contribution >= 0.6 is 0 Å². The third-order valence-electron chi connectivity index (χ3n) is 5.81. The number of fused-ring (bicyclic) bond motifs is 1. The quantitative estimate of drug-likeness (QED) is 0.630. The molecule has 2 aliphatic heterocycles. The number of hydrogen-bond acceptors (Lipinski definition) is 5. The van der Waals surface area contributed by atoms with E-state index >= 15 is 0 Å². The Bertz CT molecular complexity index is 1060. The molecule has 1 aromatic heterocycles. The number of benzene rings is 2. The molecular formula is C24H24FN3O3. The highest BCUT2D eigenvalue weighted by Crippen LogP contribution is 2.35. The number of amides is 1. The number of para-hydroxylation sites is 2. The Balaban J connectivity index is 1.36. The van der Waals surface area contributed by atoms with Crippen LogP contribution in [0.15, 0.2) is 59.1 Å². The summed E-state index contributed by atoms with van der Waals surface area (Å²) in [4.78, 5) is 21.5. The summed E-state index contributed by atoms with van der Waals surface area (Å²) in [6.07, 6.45) is 4.35. The number of carbonyl (C=O) groups is 1. The molecule has 0 N–H and O–H groups in total. The second-order valence-electron chi connectivity index (χ2n) is 7.97. The number of hydrogen-bond donors (Lipinski definition) is 0. The van der Waals surface area contributed by atoms with Crippen molar-refractivity contribution in [1.82, 2.24) is 9.88 Å². The van der Waals surface area contributed by atoms with Crippen LogP contribution in [0.1, 0.15) is 25.2 Å². The van der Waals surface area contributed by atoms with Crippen LogP contribution in [0, 0.1) is 5.82 Å². The van der Waals surface area contributed by atoms with E-state index in [0.717, 1.165) is 37.2 Å². The largest absolute Gasteiger partial charge is 0.477 e. The monoisotopic (exact) mass is 421 g/mol. The van der Waals surface area contributed by atoms with Crippen LogP contribution in [0.2, 0.25) is 0 Å². The van der Waals surface area contributed by atoms with E-state index in [0.29, 0.717) is 30.5 Å². The van der Waals surface area contributed by atoms with Gasteiger partial charge in [-0.2, -0.15) is 0 Å². The molecule has 7 heteroatoms. The number of rotatable bonds is 4. The highest BCUT2D eigenvalue weighted by atomic mass is 19.1. The summed E-state index contributed by atoms with van der Waals surface area (Å²) in [5, 5.41) is 0. The molecule has 31 heavy (non-hydrogen) atoms. The SMILES string of the molecule is O=C([C@H]1CN(Cc2ncc(-c3ccc(F)cc3)o2)c2ccccc2O1)N1CCCCC1. The van der Waals surface area contributed by atoms with Gasteiger partial charge in [-0.15, -0.1) is 0 Å². The third-order valence-corrected chi connectivity index (χ3v) is 5.81. The molecule has 0 bridgehead atoms. The summed E-state index contributed by atoms with van der Waals surface area (Å²) in [5.41, 5.74) is 1.67. The molecule has 2 aromatic carbocycles. The van der Waals surface area contributed by atoms with Crippen molar-refractivity contribution < 1.29 is 18.3 Å². The van der Waals surface area contributed by atoms with Crippen molar-refractivity contribution in [2.75, 3.05) is 24.5 Å². The minimum absolute atomic E-state index is 0.0404. The predicted octanol–water partition coefficient (Wildman–Crippen LogP) is 4.26. The number of likely N-dealkylation sites (tertiary alicyclic amines) is 1. The first-order valence-corrected chi connectivity index (χ1v) is 10.7.